The summed E-state index contributed by atoms with van der Waals surface area (Å²) < 4.78 is 0. The van der Waals surface area contributed by atoms with Crippen LogP contribution in [-0.4, -0.2) is 36.1 Å². The molecule has 0 unspecified atom stereocenters. The van der Waals surface area contributed by atoms with Crippen molar-refractivity contribution in [2.75, 3.05) is 19.6 Å². The minimum absolute atomic E-state index is 0.187. The lowest BCUT2D eigenvalue weighted by molar-refractivity contribution is -0.131. The third kappa shape index (κ3) is 5.30. The third-order valence-corrected chi connectivity index (χ3v) is 3.66. The van der Waals surface area contributed by atoms with Crippen LogP contribution in [0.2, 0.25) is 0 Å². The molecule has 0 rings (SSSR count). The Morgan fingerprint density at radius 3 is 1.67 bits per heavy atom. The first kappa shape index (κ1) is 17.3. The van der Waals surface area contributed by atoms with Gasteiger partial charge in [-0.15, -0.1) is 0 Å². The minimum atomic E-state index is -0.337. The summed E-state index contributed by atoms with van der Waals surface area (Å²) in [6, 6.07) is 0. The lowest BCUT2D eigenvalue weighted by atomic mass is 9.85. The van der Waals surface area contributed by atoms with Gasteiger partial charge in [0.2, 0.25) is 0 Å². The van der Waals surface area contributed by atoms with Crippen molar-refractivity contribution in [3.8, 4) is 0 Å². The summed E-state index contributed by atoms with van der Waals surface area (Å²) in [5.41, 5.74) is -0.630. The molecule has 3 heteroatoms. The molecule has 0 saturated heterocycles. The van der Waals surface area contributed by atoms with Crippen molar-refractivity contribution in [3.63, 3.8) is 0 Å². The maximum atomic E-state index is 12.1. The molecule has 0 fully saturated rings. The van der Waals surface area contributed by atoms with Gasteiger partial charge in [-0.05, 0) is 13.0 Å². The number of ketones is 2. The molecule has 3 nitrogen and oxygen atoms in total. The molecule has 0 aromatic heterocycles. The fourth-order valence-electron chi connectivity index (χ4n) is 1.33. The van der Waals surface area contributed by atoms with Gasteiger partial charge in [-0.1, -0.05) is 48.5 Å². The quantitative estimate of drug-likeness (QED) is 0.702. The zero-order valence-corrected chi connectivity index (χ0v) is 13.1. The zero-order chi connectivity index (χ0) is 14.6. The highest BCUT2D eigenvalue weighted by atomic mass is 16.1. The van der Waals surface area contributed by atoms with Crippen LogP contribution >= 0.6 is 0 Å². The van der Waals surface area contributed by atoms with Gasteiger partial charge in [-0.3, -0.25) is 14.5 Å². The average Bonchev–Trinajstić information content (AvgIpc) is 2.26. The summed E-state index contributed by atoms with van der Waals surface area (Å²) in [5.74, 6) is 0.403. The monoisotopic (exact) mass is 255 g/mol. The van der Waals surface area contributed by atoms with Crippen molar-refractivity contribution in [1.29, 1.82) is 0 Å². The summed E-state index contributed by atoms with van der Waals surface area (Å²) >= 11 is 0. The second-order valence-electron chi connectivity index (χ2n) is 6.64. The number of Topliss-reactive ketones (excluding diaryl/α,β-unsaturated/α-hetero) is 2. The van der Waals surface area contributed by atoms with Gasteiger partial charge in [0.25, 0.3) is 0 Å². The fourth-order valence-corrected chi connectivity index (χ4v) is 1.33. The van der Waals surface area contributed by atoms with Crippen molar-refractivity contribution >= 4 is 11.6 Å². The summed E-state index contributed by atoms with van der Waals surface area (Å²) in [5, 5.41) is 0. The van der Waals surface area contributed by atoms with E-state index >= 15 is 0 Å². The second-order valence-corrected chi connectivity index (χ2v) is 6.64. The van der Waals surface area contributed by atoms with Crippen LogP contribution in [0.5, 0.6) is 0 Å². The molecule has 0 spiro atoms. The second kappa shape index (κ2) is 6.46. The number of hydrogen-bond donors (Lipinski definition) is 0. The number of nitrogens with zero attached hydrogens (tertiary/aromatic N) is 1. The standard InChI is InChI=1S/C15H29NO2/c1-8-15(6,7)13(18)11-16(9-2)10-12(17)14(3,4)5/h8-11H2,1-7H3. The molecular weight excluding hydrogens is 226 g/mol. The minimum Gasteiger partial charge on any atom is -0.298 e. The molecule has 0 bridgehead atoms. The Morgan fingerprint density at radius 2 is 1.33 bits per heavy atom. The normalized spacial score (nSPS) is 12.9. The SMILES string of the molecule is CCN(CC(=O)C(C)(C)C)CC(=O)C(C)(C)CC. The fraction of sp³-hybridized carbons (Fsp3) is 0.867. The van der Waals surface area contributed by atoms with Gasteiger partial charge in [-0.25, -0.2) is 0 Å². The Bertz CT molecular complexity index is 300. The number of carbonyl (C=O) groups is 2. The summed E-state index contributed by atoms with van der Waals surface area (Å²) in [6.07, 6.45) is 0.830. The molecule has 106 valence electrons. The maximum Gasteiger partial charge on any atom is 0.152 e. The topological polar surface area (TPSA) is 37.4 Å². The third-order valence-electron chi connectivity index (χ3n) is 3.66. The molecule has 0 aliphatic carbocycles. The summed E-state index contributed by atoms with van der Waals surface area (Å²) in [7, 11) is 0. The molecular formula is C15H29NO2. The number of hydrogen-bond acceptors (Lipinski definition) is 3. The van der Waals surface area contributed by atoms with E-state index in [1.54, 1.807) is 0 Å². The molecule has 0 saturated carbocycles. The van der Waals surface area contributed by atoms with Crippen LogP contribution in [0.15, 0.2) is 0 Å². The van der Waals surface area contributed by atoms with E-state index in [2.05, 4.69) is 0 Å². The molecule has 0 aliphatic rings. The van der Waals surface area contributed by atoms with Gasteiger partial charge in [0.05, 0.1) is 13.1 Å². The van der Waals surface area contributed by atoms with E-state index in [0.29, 0.717) is 13.1 Å². The first-order chi connectivity index (χ1) is 8.04. The van der Waals surface area contributed by atoms with Gasteiger partial charge in [0, 0.05) is 10.8 Å². The molecule has 0 atom stereocenters. The molecule has 0 amide bonds. The lowest BCUT2D eigenvalue weighted by Crippen LogP contribution is -2.41. The van der Waals surface area contributed by atoms with E-state index < -0.39 is 0 Å². The first-order valence-electron chi connectivity index (χ1n) is 6.83. The number of rotatable bonds is 7. The van der Waals surface area contributed by atoms with Crippen LogP contribution in [-0.2, 0) is 9.59 Å². The van der Waals surface area contributed by atoms with Crippen LogP contribution in [0.3, 0.4) is 0 Å². The van der Waals surface area contributed by atoms with Gasteiger partial charge in [0.1, 0.15) is 0 Å². The molecule has 0 heterocycles. The van der Waals surface area contributed by atoms with Crippen LogP contribution in [0.4, 0.5) is 0 Å². The molecule has 0 aromatic carbocycles. The maximum absolute atomic E-state index is 12.1. The Hall–Kier alpha value is -0.700. The Morgan fingerprint density at radius 1 is 0.889 bits per heavy atom. The highest BCUT2D eigenvalue weighted by Gasteiger charge is 2.28. The van der Waals surface area contributed by atoms with Crippen LogP contribution < -0.4 is 0 Å². The van der Waals surface area contributed by atoms with Gasteiger partial charge >= 0.3 is 0 Å². The van der Waals surface area contributed by atoms with E-state index in [1.165, 1.54) is 0 Å². The van der Waals surface area contributed by atoms with E-state index in [9.17, 15) is 9.59 Å². The van der Waals surface area contributed by atoms with Gasteiger partial charge < -0.3 is 0 Å². The summed E-state index contributed by atoms with van der Waals surface area (Å²) in [6.45, 7) is 15.2. The van der Waals surface area contributed by atoms with Crippen molar-refractivity contribution in [2.45, 2.75) is 54.9 Å². The number of carbonyl (C=O) groups excluding carboxylic acids is 2. The largest absolute Gasteiger partial charge is 0.298 e. The van der Waals surface area contributed by atoms with E-state index in [1.807, 2.05) is 53.4 Å². The highest BCUT2D eigenvalue weighted by Crippen LogP contribution is 2.22. The van der Waals surface area contributed by atoms with Gasteiger partial charge in [-0.2, -0.15) is 0 Å². The Balaban J connectivity index is 4.55. The van der Waals surface area contributed by atoms with Crippen molar-refractivity contribution in [1.82, 2.24) is 4.90 Å². The van der Waals surface area contributed by atoms with Crippen molar-refractivity contribution < 1.29 is 9.59 Å². The highest BCUT2D eigenvalue weighted by molar-refractivity contribution is 5.88. The molecule has 0 aromatic rings. The van der Waals surface area contributed by atoms with Crippen LogP contribution in [0, 0.1) is 10.8 Å². The van der Waals surface area contributed by atoms with Crippen LogP contribution in [0.25, 0.3) is 0 Å². The Labute approximate surface area is 112 Å². The number of likely N-dealkylation sites (N-methyl/N-ethyl adjacent to an activating group) is 1. The average molecular weight is 255 g/mol. The van der Waals surface area contributed by atoms with E-state index in [-0.39, 0.29) is 22.4 Å². The summed E-state index contributed by atoms with van der Waals surface area (Å²) in [4.78, 5) is 26.1. The van der Waals surface area contributed by atoms with Crippen LogP contribution in [0.1, 0.15) is 54.9 Å². The molecule has 0 N–H and O–H groups in total. The van der Waals surface area contributed by atoms with Crippen molar-refractivity contribution in [2.24, 2.45) is 10.8 Å². The predicted molar refractivity (Wildman–Crippen MR) is 75.7 cm³/mol. The van der Waals surface area contributed by atoms with E-state index in [4.69, 9.17) is 0 Å². The molecule has 18 heavy (non-hydrogen) atoms. The van der Waals surface area contributed by atoms with Gasteiger partial charge in [0.15, 0.2) is 11.6 Å². The molecule has 0 aliphatic heterocycles. The smallest absolute Gasteiger partial charge is 0.152 e. The lowest BCUT2D eigenvalue weighted by Gasteiger charge is -2.28. The van der Waals surface area contributed by atoms with Crippen molar-refractivity contribution in [3.05, 3.63) is 0 Å². The molecule has 0 radical (unpaired) electrons. The predicted octanol–water partition coefficient (Wildman–Crippen LogP) is 2.93. The Kier molecular flexibility index (Phi) is 6.21. The first-order valence-corrected chi connectivity index (χ1v) is 6.83. The van der Waals surface area contributed by atoms with E-state index in [0.717, 1.165) is 13.0 Å². The zero-order valence-electron chi connectivity index (χ0n) is 13.1.